The van der Waals surface area contributed by atoms with Crippen LogP contribution < -0.4 is 25.2 Å². The Morgan fingerprint density at radius 3 is 2.27 bits per heavy atom. The predicted octanol–water partition coefficient (Wildman–Crippen LogP) is 4.23. The summed E-state index contributed by atoms with van der Waals surface area (Å²) >= 11 is 6.15. The van der Waals surface area contributed by atoms with E-state index in [1.807, 2.05) is 12.1 Å². The lowest BCUT2D eigenvalue weighted by molar-refractivity contribution is -0.136. The second kappa shape index (κ2) is 16.4. The topological polar surface area (TPSA) is 181 Å². The van der Waals surface area contributed by atoms with Crippen LogP contribution in [0, 0.1) is 23.1 Å². The molecule has 5 aliphatic heterocycles. The molecule has 2 bridgehead atoms. The van der Waals surface area contributed by atoms with Gasteiger partial charge in [-0.1, -0.05) is 11.6 Å². The van der Waals surface area contributed by atoms with Crippen LogP contribution in [-0.4, -0.2) is 113 Å². The molecule has 3 atom stereocenters. The van der Waals surface area contributed by atoms with Crippen molar-refractivity contribution < 1.29 is 33.1 Å². The van der Waals surface area contributed by atoms with Crippen LogP contribution in [0.4, 0.5) is 15.9 Å². The van der Waals surface area contributed by atoms with Gasteiger partial charge in [0.05, 0.1) is 33.5 Å². The summed E-state index contributed by atoms with van der Waals surface area (Å²) in [6, 6.07) is 12.3. The van der Waals surface area contributed by atoms with Crippen molar-refractivity contribution in [2.45, 2.75) is 94.5 Å². The normalized spacial score (nSPS) is 25.9. The maximum absolute atomic E-state index is 15.8. The summed E-state index contributed by atoms with van der Waals surface area (Å²) in [7, 11) is 0. The van der Waals surface area contributed by atoms with E-state index >= 15 is 4.39 Å². The molecule has 15 nitrogen and oxygen atoms in total. The summed E-state index contributed by atoms with van der Waals surface area (Å²) < 4.78 is 21.9. The number of amides is 5. The van der Waals surface area contributed by atoms with Gasteiger partial charge in [0.2, 0.25) is 11.8 Å². The van der Waals surface area contributed by atoms with Crippen molar-refractivity contribution in [1.29, 1.82) is 5.26 Å². The summed E-state index contributed by atoms with van der Waals surface area (Å²) in [6.45, 7) is 4.10. The number of hydrogen-bond acceptors (Lipinski definition) is 12. The fourth-order valence-corrected chi connectivity index (χ4v) is 10.2. The van der Waals surface area contributed by atoms with Crippen LogP contribution in [0.25, 0.3) is 0 Å². The van der Waals surface area contributed by atoms with E-state index in [0.717, 1.165) is 101 Å². The number of fused-ring (bicyclic) bond motifs is 3. The molecule has 1 aromatic heterocycles. The quantitative estimate of drug-likeness (QED) is 0.294. The molecule has 2 N–H and O–H groups in total. The lowest BCUT2D eigenvalue weighted by atomic mass is 9.92. The number of benzene rings is 2. The van der Waals surface area contributed by atoms with E-state index in [4.69, 9.17) is 21.6 Å². The number of rotatable bonds is 9. The molecule has 5 fully saturated rings. The number of hydrogen-bond donors (Lipinski definition) is 2. The molecule has 0 spiro atoms. The Morgan fingerprint density at radius 2 is 1.62 bits per heavy atom. The number of carbonyl (C=O) groups is 5. The molecule has 60 heavy (non-hydrogen) atoms. The number of carbonyl (C=O) groups excluding carboxylic acids is 5. The van der Waals surface area contributed by atoms with Crippen molar-refractivity contribution in [1.82, 2.24) is 30.6 Å². The smallest absolute Gasteiger partial charge is 0.272 e. The molecule has 6 aliphatic rings. The number of halogens is 2. The van der Waals surface area contributed by atoms with Gasteiger partial charge >= 0.3 is 0 Å². The monoisotopic (exact) mass is 837 g/mol. The van der Waals surface area contributed by atoms with Gasteiger partial charge in [-0.3, -0.25) is 39.1 Å². The van der Waals surface area contributed by atoms with E-state index in [1.54, 1.807) is 24.3 Å². The van der Waals surface area contributed by atoms with Crippen LogP contribution in [0.1, 0.15) is 101 Å². The van der Waals surface area contributed by atoms with Crippen molar-refractivity contribution in [3.63, 3.8) is 0 Å². The first-order valence-electron chi connectivity index (χ1n) is 20.8. The Hall–Kier alpha value is -5.66. The molecule has 0 radical (unpaired) electrons. The fourth-order valence-electron chi connectivity index (χ4n) is 9.97. The van der Waals surface area contributed by atoms with Crippen LogP contribution in [0.2, 0.25) is 5.02 Å². The standard InChI is InChI=1S/C43H45ClFN9O6/c44-33-17-30(6-1-25(33)20-46)60-29-7-2-26(3-8-29)47-40(56)35-9-11-38(50-49-35)52-15-13-24(14-16-52)21-51-22-27-4-5-28(23-51)53(27)37-19-32-31(18-34(37)45)42(58)54(43(32)59)36-10-12-39(55)48-41(36)57/h1,6,9,11,17-19,24,26-29,36H,2-5,7-8,10,12-16,21-23H2,(H,47,56)(H,48,55,57). The Kier molecular flexibility index (Phi) is 10.9. The molecule has 2 aromatic carbocycles. The van der Waals surface area contributed by atoms with Crippen LogP contribution >= 0.6 is 11.6 Å². The molecule has 17 heteroatoms. The van der Waals surface area contributed by atoms with Crippen molar-refractivity contribution in [3.8, 4) is 11.8 Å². The minimum absolute atomic E-state index is 0.00539. The molecule has 6 heterocycles. The number of nitrogens with zero attached hydrogens (tertiary/aromatic N) is 7. The maximum atomic E-state index is 15.8. The number of anilines is 2. The first kappa shape index (κ1) is 39.8. The lowest BCUT2D eigenvalue weighted by Crippen LogP contribution is -2.55. The van der Waals surface area contributed by atoms with Crippen molar-refractivity contribution in [2.24, 2.45) is 5.92 Å². The van der Waals surface area contributed by atoms with Crippen molar-refractivity contribution >= 4 is 52.6 Å². The molecular formula is C43H45ClFN9O6. The second-order valence-corrected chi connectivity index (χ2v) is 17.2. The number of ether oxygens (including phenoxy) is 1. The minimum atomic E-state index is -1.10. The summed E-state index contributed by atoms with van der Waals surface area (Å²) in [6.07, 6.45) is 6.89. The molecular weight excluding hydrogens is 793 g/mol. The largest absolute Gasteiger partial charge is 0.490 e. The Morgan fingerprint density at radius 1 is 0.900 bits per heavy atom. The van der Waals surface area contributed by atoms with E-state index < -0.39 is 35.5 Å². The number of nitrogens with one attached hydrogen (secondary N) is 2. The highest BCUT2D eigenvalue weighted by atomic mass is 35.5. The van der Waals surface area contributed by atoms with Gasteiger partial charge in [-0.15, -0.1) is 10.2 Å². The highest BCUT2D eigenvalue weighted by Gasteiger charge is 2.47. The first-order chi connectivity index (χ1) is 29.0. The molecule has 312 valence electrons. The number of likely N-dealkylation sites (tertiary alicyclic amines) is 1. The third kappa shape index (κ3) is 7.76. The van der Waals surface area contributed by atoms with E-state index in [-0.39, 0.29) is 59.8 Å². The lowest BCUT2D eigenvalue weighted by Gasteiger charge is -2.44. The third-order valence-corrected chi connectivity index (χ3v) is 13.4. The van der Waals surface area contributed by atoms with E-state index in [0.29, 0.717) is 27.9 Å². The van der Waals surface area contributed by atoms with Gasteiger partial charge in [-0.25, -0.2) is 4.39 Å². The van der Waals surface area contributed by atoms with E-state index in [2.05, 4.69) is 35.5 Å². The number of piperazine rings is 1. The Bertz CT molecular complexity index is 2260. The average Bonchev–Trinajstić information content (AvgIpc) is 3.64. The number of nitriles is 1. The molecule has 3 unspecified atom stereocenters. The first-order valence-corrected chi connectivity index (χ1v) is 21.2. The highest BCUT2D eigenvalue weighted by molar-refractivity contribution is 6.31. The Balaban J connectivity index is 0.736. The molecule has 1 saturated carbocycles. The zero-order valence-corrected chi connectivity index (χ0v) is 33.7. The molecule has 4 saturated heterocycles. The number of aromatic nitrogens is 2. The van der Waals surface area contributed by atoms with Crippen LogP contribution in [0.15, 0.2) is 42.5 Å². The van der Waals surface area contributed by atoms with Gasteiger partial charge in [0.15, 0.2) is 11.5 Å². The second-order valence-electron chi connectivity index (χ2n) is 16.8. The summed E-state index contributed by atoms with van der Waals surface area (Å²) in [4.78, 5) is 71.6. The van der Waals surface area contributed by atoms with Crippen LogP contribution in [-0.2, 0) is 9.59 Å². The van der Waals surface area contributed by atoms with Gasteiger partial charge in [-0.2, -0.15) is 5.26 Å². The summed E-state index contributed by atoms with van der Waals surface area (Å²) in [5.41, 5.74) is 1.03. The zero-order chi connectivity index (χ0) is 41.7. The van der Waals surface area contributed by atoms with Crippen LogP contribution in [0.3, 0.4) is 0 Å². The van der Waals surface area contributed by atoms with Crippen molar-refractivity contribution in [3.05, 3.63) is 75.7 Å². The third-order valence-electron chi connectivity index (χ3n) is 13.1. The molecule has 5 amide bonds. The fraction of sp³-hybridized carbons (Fsp3) is 0.488. The Labute approximate surface area is 351 Å². The molecule has 3 aromatic rings. The van der Waals surface area contributed by atoms with Crippen LogP contribution in [0.5, 0.6) is 5.75 Å². The minimum Gasteiger partial charge on any atom is -0.490 e. The maximum Gasteiger partial charge on any atom is 0.272 e. The average molecular weight is 838 g/mol. The molecule has 1 aliphatic carbocycles. The molecule has 9 rings (SSSR count). The van der Waals surface area contributed by atoms with Gasteiger partial charge in [0.1, 0.15) is 23.7 Å². The number of imide groups is 2. The van der Waals surface area contributed by atoms with Gasteiger partial charge in [0.25, 0.3) is 17.7 Å². The SMILES string of the molecule is N#Cc1ccc(OC2CCC(NC(=O)c3ccc(N4CCC(CN5CC6CCC(C5)N6c5cc6c(cc5F)C(=O)N(C5CCC(=O)NC5=O)C6=O)CC4)nn3)CC2)cc1Cl. The van der Waals surface area contributed by atoms with Crippen molar-refractivity contribution in [2.75, 3.05) is 42.5 Å². The zero-order valence-electron chi connectivity index (χ0n) is 32.9. The van der Waals surface area contributed by atoms with Gasteiger partial charge < -0.3 is 19.9 Å². The predicted molar refractivity (Wildman–Crippen MR) is 216 cm³/mol. The van der Waals surface area contributed by atoms with E-state index in [9.17, 15) is 24.0 Å². The van der Waals surface area contributed by atoms with Gasteiger partial charge in [0, 0.05) is 63.3 Å². The van der Waals surface area contributed by atoms with E-state index in [1.165, 1.54) is 6.07 Å². The van der Waals surface area contributed by atoms with Gasteiger partial charge in [-0.05, 0) is 100 Å². The highest BCUT2D eigenvalue weighted by Crippen LogP contribution is 2.40. The number of piperidine rings is 2. The summed E-state index contributed by atoms with van der Waals surface area (Å²) in [5, 5.41) is 23.4. The summed E-state index contributed by atoms with van der Waals surface area (Å²) in [5.74, 6) is -1.46.